The van der Waals surface area contributed by atoms with Crippen molar-refractivity contribution < 1.29 is 9.47 Å². The summed E-state index contributed by atoms with van der Waals surface area (Å²) in [7, 11) is 0. The third-order valence-corrected chi connectivity index (χ3v) is 2.98. The van der Waals surface area contributed by atoms with Crippen molar-refractivity contribution in [3.8, 4) is 5.88 Å². The number of nitrogens with zero attached hydrogens (tertiary/aromatic N) is 2. The predicted octanol–water partition coefficient (Wildman–Crippen LogP) is 1.84. The van der Waals surface area contributed by atoms with Crippen LogP contribution in [0.4, 0.5) is 5.82 Å². The first-order chi connectivity index (χ1) is 7.81. The third kappa shape index (κ3) is 2.62. The molecule has 1 aromatic rings. The van der Waals surface area contributed by atoms with Crippen molar-refractivity contribution in [1.29, 1.82) is 0 Å². The molecule has 0 aliphatic carbocycles. The van der Waals surface area contributed by atoms with Gasteiger partial charge in [0, 0.05) is 13.0 Å². The molecule has 2 rings (SSSR count). The number of ether oxygens (including phenoxy) is 2. The van der Waals surface area contributed by atoms with Crippen LogP contribution in [0, 0.1) is 0 Å². The monoisotopic (exact) mass is 287 g/mol. The summed E-state index contributed by atoms with van der Waals surface area (Å²) < 4.78 is 11.7. The normalized spacial score (nSPS) is 19.8. The number of anilines is 1. The molecule has 0 bridgehead atoms. The van der Waals surface area contributed by atoms with Gasteiger partial charge in [-0.3, -0.25) is 0 Å². The van der Waals surface area contributed by atoms with Gasteiger partial charge in [0.15, 0.2) is 0 Å². The molecule has 1 saturated heterocycles. The van der Waals surface area contributed by atoms with Crippen LogP contribution >= 0.6 is 15.9 Å². The Bertz CT molecular complexity index is 356. The smallest absolute Gasteiger partial charge is 0.233 e. The van der Waals surface area contributed by atoms with E-state index in [-0.39, 0.29) is 6.10 Å². The van der Waals surface area contributed by atoms with Crippen LogP contribution in [0.3, 0.4) is 0 Å². The van der Waals surface area contributed by atoms with Crippen molar-refractivity contribution in [2.24, 2.45) is 0 Å². The maximum absolute atomic E-state index is 5.73. The summed E-state index contributed by atoms with van der Waals surface area (Å²) in [5.74, 6) is 1.33. The fourth-order valence-corrected chi connectivity index (χ4v) is 1.93. The van der Waals surface area contributed by atoms with Crippen LogP contribution in [0.2, 0.25) is 0 Å². The average Bonchev–Trinajstić information content (AvgIpc) is 2.77. The van der Waals surface area contributed by atoms with E-state index in [4.69, 9.17) is 9.47 Å². The van der Waals surface area contributed by atoms with Crippen LogP contribution in [0.5, 0.6) is 5.88 Å². The van der Waals surface area contributed by atoms with Gasteiger partial charge in [0.1, 0.15) is 22.7 Å². The molecule has 1 N–H and O–H groups in total. The Balaban J connectivity index is 2.10. The van der Waals surface area contributed by atoms with Crippen LogP contribution in [0.25, 0.3) is 0 Å². The van der Waals surface area contributed by atoms with Gasteiger partial charge in [0.25, 0.3) is 0 Å². The van der Waals surface area contributed by atoms with Crippen LogP contribution in [0.1, 0.15) is 13.3 Å². The molecule has 0 radical (unpaired) electrons. The number of halogens is 1. The maximum atomic E-state index is 5.73. The van der Waals surface area contributed by atoms with E-state index in [1.165, 1.54) is 6.33 Å². The molecule has 5 nitrogen and oxygen atoms in total. The molecule has 1 aliphatic rings. The lowest BCUT2D eigenvalue weighted by Gasteiger charge is -2.13. The molecule has 1 aromatic heterocycles. The highest BCUT2D eigenvalue weighted by atomic mass is 79.9. The minimum Gasteiger partial charge on any atom is -0.471 e. The standard InChI is InChI=1S/C10H14BrN3O2/c1-2-12-9-8(11)10(14-6-13-9)16-7-3-4-15-5-7/h6-7H,2-5H2,1H3,(H,12,13,14). The molecule has 0 saturated carbocycles. The first kappa shape index (κ1) is 11.6. The van der Waals surface area contributed by atoms with Gasteiger partial charge in [-0.1, -0.05) is 0 Å². The van der Waals surface area contributed by atoms with Gasteiger partial charge in [0.2, 0.25) is 5.88 Å². The molecule has 6 heteroatoms. The highest BCUT2D eigenvalue weighted by molar-refractivity contribution is 9.10. The molecule has 0 amide bonds. The molecule has 1 atom stereocenters. The van der Waals surface area contributed by atoms with Crippen molar-refractivity contribution in [2.45, 2.75) is 19.4 Å². The SMILES string of the molecule is CCNc1ncnc(OC2CCOC2)c1Br. The maximum Gasteiger partial charge on any atom is 0.233 e. The zero-order chi connectivity index (χ0) is 11.4. The lowest BCUT2D eigenvalue weighted by Crippen LogP contribution is -2.17. The molecule has 88 valence electrons. The summed E-state index contributed by atoms with van der Waals surface area (Å²) in [6.45, 7) is 4.21. The Morgan fingerprint density at radius 1 is 1.62 bits per heavy atom. The second-order valence-electron chi connectivity index (χ2n) is 3.48. The molecule has 16 heavy (non-hydrogen) atoms. The molecule has 1 aliphatic heterocycles. The van der Waals surface area contributed by atoms with E-state index >= 15 is 0 Å². The number of hydrogen-bond acceptors (Lipinski definition) is 5. The minimum atomic E-state index is 0.0978. The lowest BCUT2D eigenvalue weighted by molar-refractivity contribution is 0.137. The number of hydrogen-bond donors (Lipinski definition) is 1. The van der Waals surface area contributed by atoms with Crippen molar-refractivity contribution in [1.82, 2.24) is 9.97 Å². The molecule has 1 unspecified atom stereocenters. The minimum absolute atomic E-state index is 0.0978. The highest BCUT2D eigenvalue weighted by Crippen LogP contribution is 2.29. The topological polar surface area (TPSA) is 56.3 Å². The zero-order valence-corrected chi connectivity index (χ0v) is 10.7. The van der Waals surface area contributed by atoms with Gasteiger partial charge >= 0.3 is 0 Å². The van der Waals surface area contributed by atoms with Crippen LogP contribution in [0.15, 0.2) is 10.8 Å². The van der Waals surface area contributed by atoms with Crippen molar-refractivity contribution in [3.05, 3.63) is 10.8 Å². The Labute approximate surface area is 103 Å². The fraction of sp³-hybridized carbons (Fsp3) is 0.600. The molecular weight excluding hydrogens is 274 g/mol. The first-order valence-electron chi connectivity index (χ1n) is 5.30. The summed E-state index contributed by atoms with van der Waals surface area (Å²) in [5, 5.41) is 3.13. The Kier molecular flexibility index (Phi) is 3.95. The highest BCUT2D eigenvalue weighted by Gasteiger charge is 2.20. The Morgan fingerprint density at radius 2 is 2.50 bits per heavy atom. The summed E-state index contributed by atoms with van der Waals surface area (Å²) in [5.41, 5.74) is 0. The number of rotatable bonds is 4. The zero-order valence-electron chi connectivity index (χ0n) is 9.07. The van der Waals surface area contributed by atoms with Crippen LogP contribution < -0.4 is 10.1 Å². The van der Waals surface area contributed by atoms with Crippen molar-refractivity contribution in [2.75, 3.05) is 25.1 Å². The van der Waals surface area contributed by atoms with E-state index in [0.717, 1.165) is 29.9 Å². The summed E-state index contributed by atoms with van der Waals surface area (Å²) in [6.07, 6.45) is 2.50. The molecular formula is C10H14BrN3O2. The first-order valence-corrected chi connectivity index (χ1v) is 6.09. The van der Waals surface area contributed by atoms with E-state index in [9.17, 15) is 0 Å². The molecule has 2 heterocycles. The van der Waals surface area contributed by atoms with Gasteiger partial charge in [-0.2, -0.15) is 0 Å². The Morgan fingerprint density at radius 3 is 3.19 bits per heavy atom. The van der Waals surface area contributed by atoms with E-state index in [1.54, 1.807) is 0 Å². The average molecular weight is 288 g/mol. The summed E-state index contributed by atoms with van der Waals surface area (Å²) in [4.78, 5) is 8.23. The quantitative estimate of drug-likeness (QED) is 0.916. The van der Waals surface area contributed by atoms with E-state index in [1.807, 2.05) is 6.92 Å². The summed E-state index contributed by atoms with van der Waals surface area (Å²) >= 11 is 3.44. The fourth-order valence-electron chi connectivity index (χ4n) is 1.49. The van der Waals surface area contributed by atoms with Gasteiger partial charge in [-0.15, -0.1) is 0 Å². The molecule has 0 spiro atoms. The van der Waals surface area contributed by atoms with E-state index in [2.05, 4.69) is 31.2 Å². The van der Waals surface area contributed by atoms with Gasteiger partial charge < -0.3 is 14.8 Å². The van der Waals surface area contributed by atoms with Gasteiger partial charge in [-0.25, -0.2) is 9.97 Å². The second-order valence-corrected chi connectivity index (χ2v) is 4.27. The van der Waals surface area contributed by atoms with Crippen molar-refractivity contribution in [3.63, 3.8) is 0 Å². The largest absolute Gasteiger partial charge is 0.471 e. The predicted molar refractivity (Wildman–Crippen MR) is 63.7 cm³/mol. The van der Waals surface area contributed by atoms with Crippen LogP contribution in [-0.4, -0.2) is 35.8 Å². The molecule has 0 aromatic carbocycles. The van der Waals surface area contributed by atoms with Crippen molar-refractivity contribution >= 4 is 21.7 Å². The lowest BCUT2D eigenvalue weighted by atomic mass is 10.3. The number of nitrogens with one attached hydrogen (secondary N) is 1. The van der Waals surface area contributed by atoms with E-state index in [0.29, 0.717) is 12.5 Å². The summed E-state index contributed by atoms with van der Waals surface area (Å²) in [6, 6.07) is 0. The van der Waals surface area contributed by atoms with E-state index < -0.39 is 0 Å². The van der Waals surface area contributed by atoms with Gasteiger partial charge in [0.05, 0.1) is 13.2 Å². The molecule has 1 fully saturated rings. The Hall–Kier alpha value is -0.880. The third-order valence-electron chi connectivity index (χ3n) is 2.27. The number of aromatic nitrogens is 2. The second kappa shape index (κ2) is 5.45. The van der Waals surface area contributed by atoms with Gasteiger partial charge in [-0.05, 0) is 22.9 Å². The van der Waals surface area contributed by atoms with Crippen LogP contribution in [-0.2, 0) is 4.74 Å².